The fourth-order valence-electron chi connectivity index (χ4n) is 3.38. The maximum Gasteiger partial charge on any atom is 0.305 e. The number of carbonyl (C=O) groups excluding carboxylic acids is 3. The third kappa shape index (κ3) is 6.69. The fraction of sp³-hybridized carbons (Fsp3) is 0.824. The summed E-state index contributed by atoms with van der Waals surface area (Å²) in [4.78, 5) is 33.4. The lowest BCUT2D eigenvalue weighted by Gasteiger charge is -2.22. The molecular formula is C17H29NO5. The molecule has 1 aliphatic rings. The number of hydrogen-bond acceptors (Lipinski definition) is 6. The Kier molecular flexibility index (Phi) is 8.84. The lowest BCUT2D eigenvalue weighted by atomic mass is 9.89. The van der Waals surface area contributed by atoms with Gasteiger partial charge in [0, 0.05) is 37.6 Å². The predicted molar refractivity (Wildman–Crippen MR) is 85.5 cm³/mol. The molecule has 0 aromatic rings. The molecule has 4 atom stereocenters. The molecule has 1 aliphatic carbocycles. The van der Waals surface area contributed by atoms with Crippen molar-refractivity contribution in [2.24, 2.45) is 17.6 Å². The first kappa shape index (κ1) is 19.6. The second-order valence-electron chi connectivity index (χ2n) is 6.31. The summed E-state index contributed by atoms with van der Waals surface area (Å²) in [5.41, 5.74) is 5.99. The van der Waals surface area contributed by atoms with E-state index in [9.17, 15) is 14.4 Å². The van der Waals surface area contributed by atoms with Crippen LogP contribution in [0, 0.1) is 11.8 Å². The number of nitrogens with two attached hydrogens (primary N) is 1. The van der Waals surface area contributed by atoms with Crippen LogP contribution in [-0.2, 0) is 23.9 Å². The zero-order valence-electron chi connectivity index (χ0n) is 14.2. The molecule has 0 unspecified atom stereocenters. The van der Waals surface area contributed by atoms with Crippen LogP contribution < -0.4 is 5.73 Å². The molecule has 23 heavy (non-hydrogen) atoms. The van der Waals surface area contributed by atoms with E-state index in [0.717, 1.165) is 44.8 Å². The molecule has 132 valence electrons. The fourth-order valence-corrected chi connectivity index (χ4v) is 3.38. The van der Waals surface area contributed by atoms with Crippen molar-refractivity contribution in [3.8, 4) is 0 Å². The quantitative estimate of drug-likeness (QED) is 0.374. The number of rotatable bonds is 10. The van der Waals surface area contributed by atoms with Crippen molar-refractivity contribution in [3.63, 3.8) is 0 Å². The van der Waals surface area contributed by atoms with Gasteiger partial charge in [-0.15, -0.1) is 0 Å². The van der Waals surface area contributed by atoms with Gasteiger partial charge in [0.15, 0.2) is 0 Å². The SMILES string of the molecule is COC(=O)CCCCCCC[C@@H]1[C@@H](C=O)[C@H](N)C[C@@H]1OC(C)=O. The third-order valence-corrected chi connectivity index (χ3v) is 4.59. The van der Waals surface area contributed by atoms with Gasteiger partial charge in [-0.05, 0) is 12.8 Å². The molecule has 2 N–H and O–H groups in total. The van der Waals surface area contributed by atoms with Crippen LogP contribution in [-0.4, -0.2) is 37.5 Å². The van der Waals surface area contributed by atoms with Crippen LogP contribution in [0.2, 0.25) is 0 Å². The first-order valence-electron chi connectivity index (χ1n) is 8.44. The zero-order chi connectivity index (χ0) is 17.2. The van der Waals surface area contributed by atoms with Gasteiger partial charge < -0.3 is 20.0 Å². The number of carbonyl (C=O) groups is 3. The molecule has 1 fully saturated rings. The van der Waals surface area contributed by atoms with Crippen molar-refractivity contribution in [2.75, 3.05) is 7.11 Å². The molecule has 1 rings (SSSR count). The van der Waals surface area contributed by atoms with Crippen LogP contribution in [0.4, 0.5) is 0 Å². The average Bonchev–Trinajstić information content (AvgIpc) is 2.79. The van der Waals surface area contributed by atoms with E-state index in [1.807, 2.05) is 0 Å². The molecule has 6 heteroatoms. The largest absolute Gasteiger partial charge is 0.469 e. The van der Waals surface area contributed by atoms with Crippen molar-refractivity contribution < 1.29 is 23.9 Å². The topological polar surface area (TPSA) is 95.7 Å². The Bertz CT molecular complexity index is 398. The van der Waals surface area contributed by atoms with E-state index in [0.29, 0.717) is 12.8 Å². The van der Waals surface area contributed by atoms with E-state index in [4.69, 9.17) is 10.5 Å². The van der Waals surface area contributed by atoms with Gasteiger partial charge in [0.05, 0.1) is 7.11 Å². The Morgan fingerprint density at radius 3 is 2.43 bits per heavy atom. The molecular weight excluding hydrogens is 298 g/mol. The highest BCUT2D eigenvalue weighted by atomic mass is 16.5. The summed E-state index contributed by atoms with van der Waals surface area (Å²) >= 11 is 0. The number of methoxy groups -OCH3 is 1. The van der Waals surface area contributed by atoms with E-state index >= 15 is 0 Å². The molecule has 1 saturated carbocycles. The van der Waals surface area contributed by atoms with Crippen molar-refractivity contribution in [2.45, 2.75) is 70.4 Å². The summed E-state index contributed by atoms with van der Waals surface area (Å²) in [7, 11) is 1.40. The van der Waals surface area contributed by atoms with Crippen molar-refractivity contribution >= 4 is 18.2 Å². The van der Waals surface area contributed by atoms with Crippen molar-refractivity contribution in [1.82, 2.24) is 0 Å². The van der Waals surface area contributed by atoms with Crippen LogP contribution in [0.25, 0.3) is 0 Å². The number of esters is 2. The Morgan fingerprint density at radius 2 is 1.83 bits per heavy atom. The van der Waals surface area contributed by atoms with Gasteiger partial charge in [-0.2, -0.15) is 0 Å². The van der Waals surface area contributed by atoms with Crippen LogP contribution >= 0.6 is 0 Å². The summed E-state index contributed by atoms with van der Waals surface area (Å²) in [6, 6.07) is -0.220. The second-order valence-corrected chi connectivity index (χ2v) is 6.31. The lowest BCUT2D eigenvalue weighted by molar-refractivity contribution is -0.149. The molecule has 0 radical (unpaired) electrons. The Hall–Kier alpha value is -1.43. The minimum absolute atomic E-state index is 0.0291. The predicted octanol–water partition coefficient (Wildman–Crippen LogP) is 1.98. The average molecular weight is 327 g/mol. The highest BCUT2D eigenvalue weighted by Crippen LogP contribution is 2.36. The monoisotopic (exact) mass is 327 g/mol. The summed E-state index contributed by atoms with van der Waals surface area (Å²) < 4.78 is 9.93. The summed E-state index contributed by atoms with van der Waals surface area (Å²) in [6.07, 6.45) is 7.42. The molecule has 0 bridgehead atoms. The Balaban J connectivity index is 2.28. The van der Waals surface area contributed by atoms with Crippen molar-refractivity contribution in [3.05, 3.63) is 0 Å². The highest BCUT2D eigenvalue weighted by molar-refractivity contribution is 5.69. The summed E-state index contributed by atoms with van der Waals surface area (Å²) in [6.45, 7) is 1.39. The number of unbranched alkanes of at least 4 members (excludes halogenated alkanes) is 4. The van der Waals surface area contributed by atoms with Crippen LogP contribution in [0.1, 0.15) is 58.3 Å². The third-order valence-electron chi connectivity index (χ3n) is 4.59. The number of ether oxygens (including phenoxy) is 2. The maximum absolute atomic E-state index is 11.3. The van der Waals surface area contributed by atoms with Gasteiger partial charge in [-0.1, -0.05) is 25.7 Å². The Morgan fingerprint density at radius 1 is 1.17 bits per heavy atom. The molecule has 0 saturated heterocycles. The van der Waals surface area contributed by atoms with E-state index in [-0.39, 0.29) is 35.9 Å². The molecule has 0 aromatic carbocycles. The molecule has 0 spiro atoms. The van der Waals surface area contributed by atoms with Crippen molar-refractivity contribution in [1.29, 1.82) is 0 Å². The van der Waals surface area contributed by atoms with Gasteiger partial charge in [0.1, 0.15) is 12.4 Å². The lowest BCUT2D eigenvalue weighted by Crippen LogP contribution is -2.29. The zero-order valence-corrected chi connectivity index (χ0v) is 14.2. The molecule has 0 aromatic heterocycles. The smallest absolute Gasteiger partial charge is 0.305 e. The standard InChI is InChI=1S/C17H29NO5/c1-12(20)23-16-10-15(18)14(11-19)13(16)8-6-4-3-5-7-9-17(21)22-2/h11,13-16H,3-10,18H2,1-2H3/t13-,14-,15-,16+/m1/s1. The highest BCUT2D eigenvalue weighted by Gasteiger charge is 2.42. The van der Waals surface area contributed by atoms with Crippen LogP contribution in [0.3, 0.4) is 0 Å². The normalized spacial score (nSPS) is 26.7. The van der Waals surface area contributed by atoms with Gasteiger partial charge in [0.25, 0.3) is 0 Å². The van der Waals surface area contributed by atoms with Gasteiger partial charge in [-0.3, -0.25) is 9.59 Å². The van der Waals surface area contributed by atoms with Gasteiger partial charge in [-0.25, -0.2) is 0 Å². The Labute approximate surface area is 138 Å². The van der Waals surface area contributed by atoms with Crippen LogP contribution in [0.15, 0.2) is 0 Å². The number of hydrogen-bond donors (Lipinski definition) is 1. The molecule has 0 heterocycles. The minimum atomic E-state index is -0.318. The van der Waals surface area contributed by atoms with E-state index in [2.05, 4.69) is 4.74 Å². The summed E-state index contributed by atoms with van der Waals surface area (Å²) in [5.74, 6) is -0.676. The second kappa shape index (κ2) is 10.4. The number of aldehydes is 1. The van der Waals surface area contributed by atoms with E-state index in [1.165, 1.54) is 14.0 Å². The first-order valence-corrected chi connectivity index (χ1v) is 8.44. The molecule has 0 aliphatic heterocycles. The minimum Gasteiger partial charge on any atom is -0.469 e. The first-order chi connectivity index (χ1) is 11.0. The van der Waals surface area contributed by atoms with Crippen LogP contribution in [0.5, 0.6) is 0 Å². The van der Waals surface area contributed by atoms with Gasteiger partial charge >= 0.3 is 11.9 Å². The maximum atomic E-state index is 11.3. The molecule has 0 amide bonds. The summed E-state index contributed by atoms with van der Waals surface area (Å²) in [5, 5.41) is 0. The molecule has 6 nitrogen and oxygen atoms in total. The van der Waals surface area contributed by atoms with Gasteiger partial charge in [0.2, 0.25) is 0 Å². The van der Waals surface area contributed by atoms with E-state index < -0.39 is 0 Å². The van der Waals surface area contributed by atoms with E-state index in [1.54, 1.807) is 0 Å².